The first-order chi connectivity index (χ1) is 12.9. The number of phenols is 1. The number of rotatable bonds is 6. The van der Waals surface area contributed by atoms with Crippen molar-refractivity contribution in [1.29, 1.82) is 0 Å². The van der Waals surface area contributed by atoms with Crippen molar-refractivity contribution in [2.75, 3.05) is 19.6 Å². The fourth-order valence-corrected chi connectivity index (χ4v) is 4.14. The molecule has 3 unspecified atom stereocenters. The van der Waals surface area contributed by atoms with Gasteiger partial charge in [-0.15, -0.1) is 0 Å². The molecule has 1 heterocycles. The molecule has 1 fully saturated rings. The van der Waals surface area contributed by atoms with Crippen molar-refractivity contribution < 1.29 is 15.0 Å². The SMILES string of the molecule is CC1CCN(CC(Cc2ccccc2)(C(=O)O)c2cccc(O)c2)CC1C. The molecule has 0 aliphatic carbocycles. The summed E-state index contributed by atoms with van der Waals surface area (Å²) in [4.78, 5) is 14.9. The second kappa shape index (κ2) is 8.13. The van der Waals surface area contributed by atoms with Gasteiger partial charge in [0.25, 0.3) is 0 Å². The van der Waals surface area contributed by atoms with Crippen molar-refractivity contribution in [3.63, 3.8) is 0 Å². The number of piperidine rings is 1. The number of aliphatic carboxylic acids is 1. The zero-order valence-corrected chi connectivity index (χ0v) is 16.1. The van der Waals surface area contributed by atoms with E-state index in [0.717, 1.165) is 25.1 Å². The summed E-state index contributed by atoms with van der Waals surface area (Å²) in [6.45, 7) is 6.77. The Hall–Kier alpha value is -2.33. The third kappa shape index (κ3) is 4.33. The van der Waals surface area contributed by atoms with Gasteiger partial charge in [-0.05, 0) is 54.5 Å². The predicted molar refractivity (Wildman–Crippen MR) is 107 cm³/mol. The summed E-state index contributed by atoms with van der Waals surface area (Å²) in [7, 11) is 0. The Kier molecular flexibility index (Phi) is 5.85. The van der Waals surface area contributed by atoms with Gasteiger partial charge >= 0.3 is 5.97 Å². The molecule has 2 aromatic carbocycles. The van der Waals surface area contributed by atoms with E-state index in [4.69, 9.17) is 0 Å². The van der Waals surface area contributed by atoms with E-state index < -0.39 is 11.4 Å². The summed E-state index contributed by atoms with van der Waals surface area (Å²) in [5.41, 5.74) is 0.548. The maximum atomic E-state index is 12.6. The van der Waals surface area contributed by atoms with Gasteiger partial charge in [-0.2, -0.15) is 0 Å². The molecule has 27 heavy (non-hydrogen) atoms. The van der Waals surface area contributed by atoms with E-state index >= 15 is 0 Å². The Labute approximate surface area is 161 Å². The minimum Gasteiger partial charge on any atom is -0.508 e. The minimum absolute atomic E-state index is 0.104. The van der Waals surface area contributed by atoms with Crippen molar-refractivity contribution >= 4 is 5.97 Å². The molecule has 3 atom stereocenters. The third-order valence-corrected chi connectivity index (χ3v) is 6.07. The fourth-order valence-electron chi connectivity index (χ4n) is 4.14. The lowest BCUT2D eigenvalue weighted by Gasteiger charge is -2.41. The standard InChI is InChI=1S/C23H29NO3/c1-17-11-12-24(15-18(17)2)16-23(22(26)27,14-19-7-4-3-5-8-19)20-9-6-10-21(25)13-20/h3-10,13,17-18,25H,11-12,14-16H2,1-2H3,(H,26,27). The Balaban J connectivity index is 1.99. The average Bonchev–Trinajstić information content (AvgIpc) is 2.65. The number of carbonyl (C=O) groups is 1. The van der Waals surface area contributed by atoms with E-state index in [2.05, 4.69) is 18.7 Å². The second-order valence-corrected chi connectivity index (χ2v) is 8.08. The number of likely N-dealkylation sites (tertiary alicyclic amines) is 1. The Morgan fingerprint density at radius 1 is 1.11 bits per heavy atom. The molecule has 0 amide bonds. The monoisotopic (exact) mass is 367 g/mol. The third-order valence-electron chi connectivity index (χ3n) is 6.07. The van der Waals surface area contributed by atoms with Gasteiger partial charge < -0.3 is 15.1 Å². The molecular formula is C23H29NO3. The topological polar surface area (TPSA) is 60.8 Å². The minimum atomic E-state index is -1.10. The Morgan fingerprint density at radius 2 is 1.85 bits per heavy atom. The summed E-state index contributed by atoms with van der Waals surface area (Å²) in [5, 5.41) is 20.4. The highest BCUT2D eigenvalue weighted by molar-refractivity contribution is 5.82. The zero-order valence-electron chi connectivity index (χ0n) is 16.1. The predicted octanol–water partition coefficient (Wildman–Crippen LogP) is 3.94. The molecule has 4 nitrogen and oxygen atoms in total. The van der Waals surface area contributed by atoms with Gasteiger partial charge in [0.2, 0.25) is 0 Å². The van der Waals surface area contributed by atoms with E-state index in [1.807, 2.05) is 36.4 Å². The molecule has 0 aromatic heterocycles. The van der Waals surface area contributed by atoms with E-state index in [-0.39, 0.29) is 5.75 Å². The highest BCUT2D eigenvalue weighted by Crippen LogP contribution is 2.34. The molecule has 144 valence electrons. The van der Waals surface area contributed by atoms with Gasteiger partial charge in [-0.3, -0.25) is 4.79 Å². The van der Waals surface area contributed by atoms with Crippen LogP contribution in [0.4, 0.5) is 0 Å². The Bertz CT molecular complexity index is 776. The van der Waals surface area contributed by atoms with Gasteiger partial charge in [0, 0.05) is 13.1 Å². The van der Waals surface area contributed by atoms with Crippen molar-refractivity contribution in [2.24, 2.45) is 11.8 Å². The first-order valence-electron chi connectivity index (χ1n) is 9.70. The van der Waals surface area contributed by atoms with Crippen LogP contribution in [-0.2, 0) is 16.6 Å². The van der Waals surface area contributed by atoms with Gasteiger partial charge in [-0.25, -0.2) is 0 Å². The summed E-state index contributed by atoms with van der Waals surface area (Å²) in [6, 6.07) is 16.5. The highest BCUT2D eigenvalue weighted by Gasteiger charge is 2.43. The lowest BCUT2D eigenvalue weighted by atomic mass is 9.74. The van der Waals surface area contributed by atoms with Crippen LogP contribution in [0.25, 0.3) is 0 Å². The molecule has 0 saturated carbocycles. The molecule has 4 heteroatoms. The molecule has 2 N–H and O–H groups in total. The number of carboxylic acid groups (broad SMARTS) is 1. The maximum Gasteiger partial charge on any atom is 0.315 e. The van der Waals surface area contributed by atoms with Crippen LogP contribution in [0.1, 0.15) is 31.4 Å². The molecule has 1 aliphatic heterocycles. The molecule has 1 saturated heterocycles. The summed E-state index contributed by atoms with van der Waals surface area (Å²) < 4.78 is 0. The smallest absolute Gasteiger partial charge is 0.315 e. The number of benzene rings is 2. The largest absolute Gasteiger partial charge is 0.508 e. The summed E-state index contributed by atoms with van der Waals surface area (Å²) in [6.07, 6.45) is 1.48. The van der Waals surface area contributed by atoms with E-state index in [0.29, 0.717) is 30.4 Å². The van der Waals surface area contributed by atoms with Crippen LogP contribution in [0.5, 0.6) is 5.75 Å². The van der Waals surface area contributed by atoms with E-state index in [9.17, 15) is 15.0 Å². The molecule has 0 bridgehead atoms. The highest BCUT2D eigenvalue weighted by atomic mass is 16.4. The normalized spacial score (nSPS) is 22.9. The van der Waals surface area contributed by atoms with Crippen LogP contribution in [0, 0.1) is 11.8 Å². The number of phenolic OH excluding ortho intramolecular Hbond substituents is 1. The molecule has 0 radical (unpaired) electrons. The first-order valence-corrected chi connectivity index (χ1v) is 9.70. The van der Waals surface area contributed by atoms with Crippen LogP contribution in [-0.4, -0.2) is 40.7 Å². The molecule has 3 rings (SSSR count). The van der Waals surface area contributed by atoms with E-state index in [1.165, 1.54) is 0 Å². The number of nitrogens with zero attached hydrogens (tertiary/aromatic N) is 1. The van der Waals surface area contributed by atoms with Crippen LogP contribution in [0.15, 0.2) is 54.6 Å². The first kappa shape index (κ1) is 19.4. The zero-order chi connectivity index (χ0) is 19.4. The van der Waals surface area contributed by atoms with Gasteiger partial charge in [0.15, 0.2) is 0 Å². The van der Waals surface area contributed by atoms with Gasteiger partial charge in [0.05, 0.1) is 0 Å². The lowest BCUT2D eigenvalue weighted by molar-refractivity contribution is -0.145. The van der Waals surface area contributed by atoms with Crippen molar-refractivity contribution in [3.05, 3.63) is 65.7 Å². The fraction of sp³-hybridized carbons (Fsp3) is 0.435. The van der Waals surface area contributed by atoms with Crippen molar-refractivity contribution in [3.8, 4) is 5.75 Å². The molecule has 2 aromatic rings. The number of carboxylic acids is 1. The maximum absolute atomic E-state index is 12.6. The number of hydrogen-bond acceptors (Lipinski definition) is 3. The van der Waals surface area contributed by atoms with Gasteiger partial charge in [-0.1, -0.05) is 56.3 Å². The second-order valence-electron chi connectivity index (χ2n) is 8.08. The van der Waals surface area contributed by atoms with E-state index in [1.54, 1.807) is 18.2 Å². The quantitative estimate of drug-likeness (QED) is 0.812. The van der Waals surface area contributed by atoms with Crippen LogP contribution in [0.3, 0.4) is 0 Å². The van der Waals surface area contributed by atoms with Crippen LogP contribution in [0.2, 0.25) is 0 Å². The van der Waals surface area contributed by atoms with Crippen molar-refractivity contribution in [2.45, 2.75) is 32.1 Å². The molecule has 0 spiro atoms. The number of aromatic hydroxyl groups is 1. The van der Waals surface area contributed by atoms with Crippen LogP contribution < -0.4 is 0 Å². The van der Waals surface area contributed by atoms with Crippen molar-refractivity contribution in [1.82, 2.24) is 4.90 Å². The Morgan fingerprint density at radius 3 is 2.48 bits per heavy atom. The molecule has 1 aliphatic rings. The lowest BCUT2D eigenvalue weighted by Crippen LogP contribution is -2.51. The molecular weight excluding hydrogens is 338 g/mol. The average molecular weight is 367 g/mol. The summed E-state index contributed by atoms with van der Waals surface area (Å²) in [5.74, 6) is 0.469. The number of hydrogen-bond donors (Lipinski definition) is 2. The summed E-state index contributed by atoms with van der Waals surface area (Å²) >= 11 is 0. The van der Waals surface area contributed by atoms with Gasteiger partial charge in [0.1, 0.15) is 11.2 Å². The van der Waals surface area contributed by atoms with Crippen LogP contribution >= 0.6 is 0 Å².